The molecule has 3 heteroatoms. The Morgan fingerprint density at radius 3 is 2.62 bits per heavy atom. The number of amides is 1. The van der Waals surface area contributed by atoms with Crippen molar-refractivity contribution in [3.8, 4) is 6.07 Å². The zero-order valence-corrected chi connectivity index (χ0v) is 14.5. The Hall–Kier alpha value is -3.38. The average molecular weight is 338 g/mol. The minimum atomic E-state index is -0.388. The van der Waals surface area contributed by atoms with Crippen LogP contribution in [0.4, 0.5) is 5.69 Å². The predicted molar refractivity (Wildman–Crippen MR) is 105 cm³/mol. The zero-order chi connectivity index (χ0) is 18.1. The van der Waals surface area contributed by atoms with E-state index in [1.54, 1.807) is 6.08 Å². The lowest BCUT2D eigenvalue weighted by Gasteiger charge is -2.08. The van der Waals surface area contributed by atoms with Crippen LogP contribution in [-0.4, -0.2) is 5.91 Å². The number of carbonyl (C=O) groups is 1. The fourth-order valence-corrected chi connectivity index (χ4v) is 3.62. The van der Waals surface area contributed by atoms with Crippen LogP contribution in [0.5, 0.6) is 0 Å². The van der Waals surface area contributed by atoms with E-state index in [0.29, 0.717) is 5.69 Å². The molecule has 0 bridgehead atoms. The van der Waals surface area contributed by atoms with Crippen LogP contribution in [0.15, 0.2) is 60.2 Å². The highest BCUT2D eigenvalue weighted by molar-refractivity contribution is 6.11. The van der Waals surface area contributed by atoms with Gasteiger partial charge in [0.05, 0.1) is 0 Å². The van der Waals surface area contributed by atoms with Crippen LogP contribution in [0.25, 0.3) is 16.8 Å². The predicted octanol–water partition coefficient (Wildman–Crippen LogP) is 4.79. The summed E-state index contributed by atoms with van der Waals surface area (Å²) in [5, 5.41) is 14.7. The normalized spacial score (nSPS) is 12.8. The van der Waals surface area contributed by atoms with Crippen molar-refractivity contribution in [1.29, 1.82) is 5.26 Å². The van der Waals surface area contributed by atoms with Gasteiger partial charge in [-0.25, -0.2) is 0 Å². The maximum atomic E-state index is 12.5. The third-order valence-electron chi connectivity index (χ3n) is 4.85. The summed E-state index contributed by atoms with van der Waals surface area (Å²) in [5.41, 5.74) is 5.44. The molecule has 3 nitrogen and oxygen atoms in total. The summed E-state index contributed by atoms with van der Waals surface area (Å²) < 4.78 is 0. The molecule has 0 unspecified atom stereocenters. The summed E-state index contributed by atoms with van der Waals surface area (Å²) >= 11 is 0. The molecule has 1 aliphatic rings. The Balaban J connectivity index is 1.72. The number of nitrogens with zero attached hydrogens (tertiary/aromatic N) is 1. The van der Waals surface area contributed by atoms with Gasteiger partial charge in [0.25, 0.3) is 5.91 Å². The number of rotatable bonds is 3. The van der Waals surface area contributed by atoms with E-state index in [2.05, 4.69) is 23.5 Å². The number of hydrogen-bond donors (Lipinski definition) is 1. The molecular formula is C23H18N2O. The van der Waals surface area contributed by atoms with Crippen molar-refractivity contribution in [2.45, 2.75) is 19.8 Å². The number of carbonyl (C=O) groups excluding carboxylic acids is 1. The lowest BCUT2D eigenvalue weighted by atomic mass is 9.98. The monoisotopic (exact) mass is 338 g/mol. The van der Waals surface area contributed by atoms with Crippen LogP contribution < -0.4 is 5.32 Å². The van der Waals surface area contributed by atoms with Crippen molar-refractivity contribution in [3.05, 3.63) is 82.4 Å². The molecular weight excluding hydrogens is 320 g/mol. The summed E-state index contributed by atoms with van der Waals surface area (Å²) in [4.78, 5) is 12.5. The van der Waals surface area contributed by atoms with Crippen LogP contribution in [0.1, 0.15) is 22.3 Å². The molecule has 126 valence electrons. The lowest BCUT2D eigenvalue weighted by molar-refractivity contribution is -0.112. The molecule has 0 fully saturated rings. The number of nitrogens with one attached hydrogen (secondary N) is 1. The smallest absolute Gasteiger partial charge is 0.266 e. The minimum Gasteiger partial charge on any atom is -0.321 e. The van der Waals surface area contributed by atoms with E-state index in [9.17, 15) is 10.1 Å². The van der Waals surface area contributed by atoms with Crippen LogP contribution in [-0.2, 0) is 17.6 Å². The van der Waals surface area contributed by atoms with E-state index >= 15 is 0 Å². The van der Waals surface area contributed by atoms with Crippen LogP contribution in [0.2, 0.25) is 0 Å². The quantitative estimate of drug-likeness (QED) is 0.551. The summed E-state index contributed by atoms with van der Waals surface area (Å²) in [6.07, 6.45) is 3.80. The third-order valence-corrected chi connectivity index (χ3v) is 4.85. The molecule has 26 heavy (non-hydrogen) atoms. The number of nitriles is 1. The van der Waals surface area contributed by atoms with Crippen molar-refractivity contribution < 1.29 is 4.79 Å². The Labute approximate surface area is 152 Å². The molecule has 0 aromatic heterocycles. The average Bonchev–Trinajstić information content (AvgIpc) is 3.06. The molecule has 0 atom stereocenters. The highest BCUT2D eigenvalue weighted by Crippen LogP contribution is 2.33. The molecule has 3 aromatic carbocycles. The van der Waals surface area contributed by atoms with Crippen LogP contribution >= 0.6 is 0 Å². The molecule has 1 aliphatic carbocycles. The van der Waals surface area contributed by atoms with Crippen LogP contribution in [0, 0.1) is 18.3 Å². The van der Waals surface area contributed by atoms with E-state index in [0.717, 1.165) is 29.4 Å². The molecule has 0 saturated heterocycles. The molecule has 4 rings (SSSR count). The SMILES string of the molecule is Cc1cccc(NC(=O)/C(C#N)=C/c2ccc3c4c(cccc24)CC3)c1. The number of benzene rings is 3. The maximum absolute atomic E-state index is 12.5. The van der Waals surface area contributed by atoms with Gasteiger partial charge < -0.3 is 5.32 Å². The molecule has 0 spiro atoms. The highest BCUT2D eigenvalue weighted by Gasteiger charge is 2.16. The van der Waals surface area contributed by atoms with Gasteiger partial charge in [0.2, 0.25) is 0 Å². The summed E-state index contributed by atoms with van der Waals surface area (Å²) in [6, 6.07) is 20.0. The standard InChI is InChI=1S/C23H18N2O/c1-15-4-2-6-20(12-15)25-23(26)19(14-24)13-18-11-10-17-9-8-16-5-3-7-21(18)22(16)17/h2-7,10-13H,8-9H2,1H3,(H,25,26)/b19-13+. The van der Waals surface area contributed by atoms with E-state index in [1.807, 2.05) is 49.4 Å². The van der Waals surface area contributed by atoms with E-state index < -0.39 is 0 Å². The van der Waals surface area contributed by atoms with Gasteiger partial charge in [-0.3, -0.25) is 4.79 Å². The van der Waals surface area contributed by atoms with Crippen molar-refractivity contribution in [3.63, 3.8) is 0 Å². The van der Waals surface area contributed by atoms with Gasteiger partial charge in [0.1, 0.15) is 11.6 Å². The Morgan fingerprint density at radius 1 is 1.08 bits per heavy atom. The van der Waals surface area contributed by atoms with E-state index in [-0.39, 0.29) is 11.5 Å². The Kier molecular flexibility index (Phi) is 4.02. The topological polar surface area (TPSA) is 52.9 Å². The largest absolute Gasteiger partial charge is 0.321 e. The van der Waals surface area contributed by atoms with Crippen molar-refractivity contribution in [2.24, 2.45) is 0 Å². The maximum Gasteiger partial charge on any atom is 0.266 e. The summed E-state index contributed by atoms with van der Waals surface area (Å²) in [7, 11) is 0. The van der Waals surface area contributed by atoms with Crippen molar-refractivity contribution in [1.82, 2.24) is 0 Å². The summed E-state index contributed by atoms with van der Waals surface area (Å²) in [6.45, 7) is 1.96. The van der Waals surface area contributed by atoms with Crippen molar-refractivity contribution in [2.75, 3.05) is 5.32 Å². The second-order valence-corrected chi connectivity index (χ2v) is 6.65. The molecule has 0 saturated carbocycles. The number of anilines is 1. The van der Waals surface area contributed by atoms with Gasteiger partial charge in [0, 0.05) is 5.69 Å². The molecule has 0 radical (unpaired) electrons. The first-order chi connectivity index (χ1) is 12.7. The first-order valence-corrected chi connectivity index (χ1v) is 8.69. The Bertz CT molecular complexity index is 1090. The number of hydrogen-bond acceptors (Lipinski definition) is 2. The van der Waals surface area contributed by atoms with E-state index in [4.69, 9.17) is 0 Å². The zero-order valence-electron chi connectivity index (χ0n) is 14.5. The second-order valence-electron chi connectivity index (χ2n) is 6.65. The summed E-state index contributed by atoms with van der Waals surface area (Å²) in [5.74, 6) is -0.388. The van der Waals surface area contributed by atoms with Gasteiger partial charge in [-0.05, 0) is 71.0 Å². The molecule has 3 aromatic rings. The molecule has 0 aliphatic heterocycles. The first-order valence-electron chi connectivity index (χ1n) is 8.69. The van der Waals surface area contributed by atoms with Crippen molar-refractivity contribution >= 4 is 28.4 Å². The minimum absolute atomic E-state index is 0.102. The highest BCUT2D eigenvalue weighted by atomic mass is 16.1. The fraction of sp³-hybridized carbons (Fsp3) is 0.130. The van der Waals surface area contributed by atoms with Crippen LogP contribution in [0.3, 0.4) is 0 Å². The first kappa shape index (κ1) is 16.1. The molecule has 1 amide bonds. The third kappa shape index (κ3) is 2.87. The molecule has 1 N–H and O–H groups in total. The van der Waals surface area contributed by atoms with E-state index in [1.165, 1.54) is 16.5 Å². The fourth-order valence-electron chi connectivity index (χ4n) is 3.62. The number of aryl methyl sites for hydroxylation is 3. The van der Waals surface area contributed by atoms with Gasteiger partial charge in [-0.2, -0.15) is 5.26 Å². The molecule has 0 heterocycles. The lowest BCUT2D eigenvalue weighted by Crippen LogP contribution is -2.13. The van der Waals surface area contributed by atoms with Gasteiger partial charge in [-0.15, -0.1) is 0 Å². The van der Waals surface area contributed by atoms with Gasteiger partial charge >= 0.3 is 0 Å². The van der Waals surface area contributed by atoms with Gasteiger partial charge in [-0.1, -0.05) is 42.5 Å². The Morgan fingerprint density at radius 2 is 1.85 bits per heavy atom. The second kappa shape index (κ2) is 6.50. The van der Waals surface area contributed by atoms with Gasteiger partial charge in [0.15, 0.2) is 0 Å².